The first-order valence-corrected chi connectivity index (χ1v) is 15.5. The molecule has 6 unspecified atom stereocenters. The van der Waals surface area contributed by atoms with Crippen molar-refractivity contribution < 1.29 is 0 Å². The van der Waals surface area contributed by atoms with Crippen molar-refractivity contribution in [3.8, 4) is 0 Å². The maximum Gasteiger partial charge on any atom is 0.0257 e. The van der Waals surface area contributed by atoms with Gasteiger partial charge in [-0.05, 0) is 67.9 Å². The van der Waals surface area contributed by atoms with Crippen LogP contribution in [0.25, 0.3) is 0 Å². The monoisotopic (exact) mass is 491 g/mol. The van der Waals surface area contributed by atoms with Crippen molar-refractivity contribution in [1.29, 1.82) is 0 Å². The van der Waals surface area contributed by atoms with E-state index in [1.165, 1.54) is 83.5 Å². The Bertz CT molecular complexity index is 576. The second kappa shape index (κ2) is 15.8. The van der Waals surface area contributed by atoms with Gasteiger partial charge in [-0.1, -0.05) is 132 Å². The molecular formula is C33H66N2. The lowest BCUT2D eigenvalue weighted by molar-refractivity contribution is 0.0320. The molecule has 0 saturated carbocycles. The Morgan fingerprint density at radius 2 is 1.46 bits per heavy atom. The molecule has 0 aromatic heterocycles. The summed E-state index contributed by atoms with van der Waals surface area (Å²) in [5.41, 5.74) is 7.16. The van der Waals surface area contributed by atoms with Crippen LogP contribution in [0.4, 0.5) is 0 Å². The van der Waals surface area contributed by atoms with Gasteiger partial charge in [0.15, 0.2) is 0 Å². The van der Waals surface area contributed by atoms with Crippen molar-refractivity contribution in [2.24, 2.45) is 40.2 Å². The van der Waals surface area contributed by atoms with Crippen LogP contribution in [0.15, 0.2) is 12.2 Å². The topological polar surface area (TPSA) is 29.3 Å². The van der Waals surface area contributed by atoms with Gasteiger partial charge in [-0.2, -0.15) is 0 Å². The third-order valence-electron chi connectivity index (χ3n) is 10.4. The number of allylic oxidation sites excluding steroid dienone is 1. The molecule has 0 radical (unpaired) electrons. The molecule has 2 heteroatoms. The van der Waals surface area contributed by atoms with Gasteiger partial charge in [0, 0.05) is 12.1 Å². The van der Waals surface area contributed by atoms with Crippen LogP contribution in [-0.4, -0.2) is 31.1 Å². The molecule has 1 aliphatic carbocycles. The first-order valence-electron chi connectivity index (χ1n) is 15.5. The van der Waals surface area contributed by atoms with Gasteiger partial charge in [0.25, 0.3) is 0 Å². The number of rotatable bonds is 18. The average molecular weight is 491 g/mol. The first-order chi connectivity index (χ1) is 16.4. The van der Waals surface area contributed by atoms with E-state index in [-0.39, 0.29) is 6.04 Å². The lowest BCUT2D eigenvalue weighted by Gasteiger charge is -2.46. The van der Waals surface area contributed by atoms with Crippen LogP contribution in [0.5, 0.6) is 0 Å². The van der Waals surface area contributed by atoms with Crippen LogP contribution >= 0.6 is 0 Å². The predicted molar refractivity (Wildman–Crippen MR) is 159 cm³/mol. The summed E-state index contributed by atoms with van der Waals surface area (Å²) in [4.78, 5) is 2.53. The lowest BCUT2D eigenvalue weighted by atomic mass is 9.63. The molecule has 0 fully saturated rings. The number of hydrogen-bond acceptors (Lipinski definition) is 2. The Labute approximate surface area is 222 Å². The van der Waals surface area contributed by atoms with Crippen molar-refractivity contribution in [2.45, 2.75) is 151 Å². The highest BCUT2D eigenvalue weighted by atomic mass is 15.1. The van der Waals surface area contributed by atoms with E-state index in [0.717, 1.165) is 17.8 Å². The molecule has 0 aliphatic heterocycles. The zero-order valence-corrected chi connectivity index (χ0v) is 25.8. The minimum absolute atomic E-state index is 0.250. The molecule has 2 nitrogen and oxygen atoms in total. The molecule has 0 spiro atoms. The Morgan fingerprint density at radius 1 is 0.886 bits per heavy atom. The van der Waals surface area contributed by atoms with Crippen molar-refractivity contribution in [3.05, 3.63) is 12.2 Å². The molecule has 0 bridgehead atoms. The molecule has 0 aromatic rings. The SMILES string of the molecule is CCCC(C)C(CC)C(C)(C)C(CCCCCCCCC(C)C(C)(C)C1CCC=CC1N)N(C)C. The van der Waals surface area contributed by atoms with Gasteiger partial charge in [-0.15, -0.1) is 0 Å². The fraction of sp³-hybridized carbons (Fsp3) is 0.939. The van der Waals surface area contributed by atoms with Crippen molar-refractivity contribution >= 4 is 0 Å². The van der Waals surface area contributed by atoms with Crippen LogP contribution in [0.1, 0.15) is 139 Å². The summed E-state index contributed by atoms with van der Waals surface area (Å²) in [6, 6.07) is 0.926. The zero-order chi connectivity index (χ0) is 26.6. The molecule has 35 heavy (non-hydrogen) atoms. The first kappa shape index (κ1) is 32.7. The summed E-state index contributed by atoms with van der Waals surface area (Å²) in [5, 5.41) is 0. The van der Waals surface area contributed by atoms with Gasteiger partial charge in [0.1, 0.15) is 0 Å². The van der Waals surface area contributed by atoms with Crippen molar-refractivity contribution in [2.75, 3.05) is 14.1 Å². The maximum absolute atomic E-state index is 6.45. The van der Waals surface area contributed by atoms with Crippen LogP contribution in [0, 0.1) is 34.5 Å². The zero-order valence-electron chi connectivity index (χ0n) is 25.8. The number of nitrogens with two attached hydrogens (primary N) is 1. The molecule has 2 N–H and O–H groups in total. The molecule has 1 aliphatic rings. The highest BCUT2D eigenvalue weighted by Gasteiger charge is 2.39. The fourth-order valence-corrected chi connectivity index (χ4v) is 7.82. The Kier molecular flexibility index (Phi) is 14.8. The molecular weight excluding hydrogens is 424 g/mol. The third kappa shape index (κ3) is 9.81. The van der Waals surface area contributed by atoms with Gasteiger partial charge >= 0.3 is 0 Å². The Morgan fingerprint density at radius 3 is 1.97 bits per heavy atom. The fourth-order valence-electron chi connectivity index (χ4n) is 7.82. The summed E-state index contributed by atoms with van der Waals surface area (Å²) in [7, 11) is 4.62. The van der Waals surface area contributed by atoms with E-state index in [0.29, 0.717) is 22.8 Å². The highest BCUT2D eigenvalue weighted by molar-refractivity contribution is 5.04. The van der Waals surface area contributed by atoms with Gasteiger partial charge in [0.2, 0.25) is 0 Å². The molecule has 208 valence electrons. The summed E-state index contributed by atoms with van der Waals surface area (Å²) < 4.78 is 0. The maximum atomic E-state index is 6.45. The third-order valence-corrected chi connectivity index (χ3v) is 10.4. The molecule has 0 saturated heterocycles. The summed E-state index contributed by atoms with van der Waals surface area (Å²) >= 11 is 0. The minimum atomic E-state index is 0.250. The van der Waals surface area contributed by atoms with Gasteiger partial charge < -0.3 is 10.6 Å². The van der Waals surface area contributed by atoms with Crippen molar-refractivity contribution in [1.82, 2.24) is 4.90 Å². The van der Waals surface area contributed by atoms with Crippen LogP contribution in [-0.2, 0) is 0 Å². The molecule has 6 atom stereocenters. The second-order valence-electron chi connectivity index (χ2n) is 13.7. The lowest BCUT2D eigenvalue weighted by Crippen LogP contribution is -2.47. The summed E-state index contributed by atoms with van der Waals surface area (Å²) in [6.45, 7) is 19.8. The van der Waals surface area contributed by atoms with E-state index >= 15 is 0 Å². The van der Waals surface area contributed by atoms with Crippen LogP contribution in [0.3, 0.4) is 0 Å². The number of nitrogens with zero attached hydrogens (tertiary/aromatic N) is 1. The van der Waals surface area contributed by atoms with E-state index in [4.69, 9.17) is 5.73 Å². The van der Waals surface area contributed by atoms with Gasteiger partial charge in [0.05, 0.1) is 0 Å². The van der Waals surface area contributed by atoms with E-state index in [9.17, 15) is 0 Å². The van der Waals surface area contributed by atoms with Crippen molar-refractivity contribution in [3.63, 3.8) is 0 Å². The molecule has 0 amide bonds. The van der Waals surface area contributed by atoms with E-state index in [1.54, 1.807) is 0 Å². The van der Waals surface area contributed by atoms with E-state index in [1.807, 2.05) is 0 Å². The summed E-state index contributed by atoms with van der Waals surface area (Å²) in [5.74, 6) is 3.00. The summed E-state index contributed by atoms with van der Waals surface area (Å²) in [6.07, 6.45) is 22.0. The normalized spacial score (nSPS) is 22.9. The minimum Gasteiger partial charge on any atom is -0.324 e. The largest absolute Gasteiger partial charge is 0.324 e. The predicted octanol–water partition coefficient (Wildman–Crippen LogP) is 9.48. The average Bonchev–Trinajstić information content (AvgIpc) is 2.77. The van der Waals surface area contributed by atoms with E-state index < -0.39 is 0 Å². The standard InChI is InChI=1S/C33H66N2/c1-11-21-26(3)28(12-2)33(7,8)31(35(9)10)25-18-16-14-13-15-17-22-27(4)32(5,6)29-23-19-20-24-30(29)34/h20,24,26-31H,11-19,21-23,25,34H2,1-10H3. The molecule has 0 aromatic carbocycles. The van der Waals surface area contributed by atoms with Crippen LogP contribution in [0.2, 0.25) is 0 Å². The van der Waals surface area contributed by atoms with Crippen LogP contribution < -0.4 is 5.73 Å². The highest BCUT2D eigenvalue weighted by Crippen LogP contribution is 2.44. The second-order valence-corrected chi connectivity index (χ2v) is 13.7. The van der Waals surface area contributed by atoms with Gasteiger partial charge in [-0.25, -0.2) is 0 Å². The van der Waals surface area contributed by atoms with Gasteiger partial charge in [-0.3, -0.25) is 0 Å². The quantitative estimate of drug-likeness (QED) is 0.153. The number of hydrogen-bond donors (Lipinski definition) is 1. The molecule has 0 heterocycles. The molecule has 1 rings (SSSR count). The number of unbranched alkanes of at least 4 members (excludes halogenated alkanes) is 5. The Hall–Kier alpha value is -0.340. The smallest absolute Gasteiger partial charge is 0.0257 e. The van der Waals surface area contributed by atoms with E-state index in [2.05, 4.69) is 86.5 Å². The Balaban J connectivity index is 2.38.